The van der Waals surface area contributed by atoms with Crippen molar-refractivity contribution in [1.82, 2.24) is 14.9 Å². The molecule has 1 aromatic carbocycles. The number of rotatable bonds is 7. The molecule has 1 aromatic rings. The Balaban J connectivity index is 1.76. The zero-order valence-electron chi connectivity index (χ0n) is 13.8. The fourth-order valence-electron chi connectivity index (χ4n) is 2.81. The highest BCUT2D eigenvalue weighted by Crippen LogP contribution is 2.14. The van der Waals surface area contributed by atoms with E-state index in [-0.39, 0.29) is 30.7 Å². The monoisotopic (exact) mass is 357 g/mol. The van der Waals surface area contributed by atoms with Gasteiger partial charge in [0.25, 0.3) is 0 Å². The molecule has 0 aliphatic carbocycles. The molecule has 2 rings (SSSR count). The van der Waals surface area contributed by atoms with Gasteiger partial charge >= 0.3 is 0 Å². The van der Waals surface area contributed by atoms with Crippen LogP contribution in [0.3, 0.4) is 0 Å². The van der Waals surface area contributed by atoms with Crippen molar-refractivity contribution < 1.29 is 17.6 Å². The standard InChI is InChI=1S/C16H24FN3O3S/c1-24(22,23)18-9-8-16(21)19-15-3-2-10-20(12-15)11-13-4-6-14(17)7-5-13/h4-7,15,18H,2-3,8-12H2,1H3,(H,19,21)/t15-/m0/s1. The predicted octanol–water partition coefficient (Wildman–Crippen LogP) is 0.846. The maximum absolute atomic E-state index is 12.9. The van der Waals surface area contributed by atoms with Crippen molar-refractivity contribution in [2.45, 2.75) is 31.8 Å². The molecule has 24 heavy (non-hydrogen) atoms. The summed E-state index contributed by atoms with van der Waals surface area (Å²) in [6.07, 6.45) is 3.08. The van der Waals surface area contributed by atoms with Gasteiger partial charge in [-0.1, -0.05) is 12.1 Å². The van der Waals surface area contributed by atoms with Crippen LogP contribution in [0.5, 0.6) is 0 Å². The molecular weight excluding hydrogens is 333 g/mol. The van der Waals surface area contributed by atoms with E-state index in [1.165, 1.54) is 12.1 Å². The second kappa shape index (κ2) is 8.55. The van der Waals surface area contributed by atoms with Crippen LogP contribution in [0.25, 0.3) is 0 Å². The van der Waals surface area contributed by atoms with Crippen molar-refractivity contribution in [1.29, 1.82) is 0 Å². The highest BCUT2D eigenvalue weighted by Gasteiger charge is 2.21. The molecule has 1 aliphatic rings. The summed E-state index contributed by atoms with van der Waals surface area (Å²) in [7, 11) is -3.26. The van der Waals surface area contributed by atoms with Gasteiger partial charge < -0.3 is 5.32 Å². The Labute approximate surface area is 142 Å². The Kier molecular flexibility index (Phi) is 6.70. The number of piperidine rings is 1. The second-order valence-electron chi connectivity index (χ2n) is 6.18. The maximum atomic E-state index is 12.9. The van der Waals surface area contributed by atoms with Crippen LogP contribution in [0.2, 0.25) is 0 Å². The zero-order valence-corrected chi connectivity index (χ0v) is 14.6. The van der Waals surface area contributed by atoms with Crippen LogP contribution in [0.15, 0.2) is 24.3 Å². The molecule has 0 spiro atoms. The highest BCUT2D eigenvalue weighted by molar-refractivity contribution is 7.88. The van der Waals surface area contributed by atoms with E-state index in [4.69, 9.17) is 0 Å². The summed E-state index contributed by atoms with van der Waals surface area (Å²) in [6.45, 7) is 2.51. The molecule has 0 saturated carbocycles. The van der Waals surface area contributed by atoms with Crippen LogP contribution < -0.4 is 10.0 Å². The van der Waals surface area contributed by atoms with Crippen molar-refractivity contribution in [2.75, 3.05) is 25.9 Å². The summed E-state index contributed by atoms with van der Waals surface area (Å²) < 4.78 is 37.2. The fourth-order valence-corrected chi connectivity index (χ4v) is 3.29. The number of likely N-dealkylation sites (tertiary alicyclic amines) is 1. The molecule has 0 aromatic heterocycles. The minimum absolute atomic E-state index is 0.0601. The quantitative estimate of drug-likeness (QED) is 0.758. The molecule has 1 atom stereocenters. The molecule has 1 aliphatic heterocycles. The SMILES string of the molecule is CS(=O)(=O)NCCC(=O)N[C@H]1CCCN(Cc2ccc(F)cc2)C1. The summed E-state index contributed by atoms with van der Waals surface area (Å²) in [6, 6.07) is 6.51. The highest BCUT2D eigenvalue weighted by atomic mass is 32.2. The van der Waals surface area contributed by atoms with Gasteiger partial charge in [-0.25, -0.2) is 17.5 Å². The van der Waals surface area contributed by atoms with Gasteiger partial charge in [-0.3, -0.25) is 9.69 Å². The van der Waals surface area contributed by atoms with Crippen LogP contribution in [0.4, 0.5) is 4.39 Å². The third-order valence-electron chi connectivity index (χ3n) is 3.91. The predicted molar refractivity (Wildman–Crippen MR) is 90.3 cm³/mol. The van der Waals surface area contributed by atoms with Crippen LogP contribution in [-0.4, -0.2) is 51.2 Å². The number of halogens is 1. The lowest BCUT2D eigenvalue weighted by molar-refractivity contribution is -0.122. The van der Waals surface area contributed by atoms with Gasteiger partial charge in [0.05, 0.1) is 6.26 Å². The first-order chi connectivity index (χ1) is 11.3. The van der Waals surface area contributed by atoms with Gasteiger partial charge in [-0.2, -0.15) is 0 Å². The normalized spacial score (nSPS) is 19.2. The van der Waals surface area contributed by atoms with Crippen LogP contribution in [0, 0.1) is 5.82 Å². The Bertz CT molecular complexity index is 649. The van der Waals surface area contributed by atoms with Crippen LogP contribution >= 0.6 is 0 Å². The van der Waals surface area contributed by atoms with Crippen molar-refractivity contribution in [3.8, 4) is 0 Å². The summed E-state index contributed by atoms with van der Waals surface area (Å²) in [5.41, 5.74) is 1.04. The lowest BCUT2D eigenvalue weighted by Crippen LogP contribution is -2.47. The van der Waals surface area contributed by atoms with E-state index in [2.05, 4.69) is 14.9 Å². The van der Waals surface area contributed by atoms with E-state index in [1.54, 1.807) is 12.1 Å². The first kappa shape index (κ1) is 18.8. The number of benzene rings is 1. The molecular formula is C16H24FN3O3S. The second-order valence-corrected chi connectivity index (χ2v) is 8.02. The lowest BCUT2D eigenvalue weighted by Gasteiger charge is -2.33. The van der Waals surface area contributed by atoms with E-state index >= 15 is 0 Å². The number of amides is 1. The Morgan fingerprint density at radius 3 is 2.71 bits per heavy atom. The maximum Gasteiger partial charge on any atom is 0.221 e. The largest absolute Gasteiger partial charge is 0.352 e. The van der Waals surface area contributed by atoms with Crippen molar-refractivity contribution >= 4 is 15.9 Å². The van der Waals surface area contributed by atoms with Gasteiger partial charge in [0.15, 0.2) is 0 Å². The lowest BCUT2D eigenvalue weighted by atomic mass is 10.0. The summed E-state index contributed by atoms with van der Waals surface area (Å²) in [5.74, 6) is -0.398. The van der Waals surface area contributed by atoms with Gasteiger partial charge in [0.2, 0.25) is 15.9 Å². The minimum Gasteiger partial charge on any atom is -0.352 e. The molecule has 0 bridgehead atoms. The summed E-state index contributed by atoms with van der Waals surface area (Å²) >= 11 is 0. The number of nitrogens with zero attached hydrogens (tertiary/aromatic N) is 1. The van der Waals surface area contributed by atoms with E-state index in [9.17, 15) is 17.6 Å². The summed E-state index contributed by atoms with van der Waals surface area (Å²) in [5, 5.41) is 2.95. The van der Waals surface area contributed by atoms with Gasteiger partial charge in [0.1, 0.15) is 5.82 Å². The van der Waals surface area contributed by atoms with Gasteiger partial charge in [-0.15, -0.1) is 0 Å². The first-order valence-electron chi connectivity index (χ1n) is 8.02. The molecule has 6 nitrogen and oxygen atoms in total. The van der Waals surface area contributed by atoms with Crippen LogP contribution in [-0.2, 0) is 21.4 Å². The Hall–Kier alpha value is -1.51. The molecule has 2 N–H and O–H groups in total. The Morgan fingerprint density at radius 2 is 2.04 bits per heavy atom. The van der Waals surface area contributed by atoms with E-state index in [0.29, 0.717) is 0 Å². The first-order valence-corrected chi connectivity index (χ1v) is 9.92. The van der Waals surface area contributed by atoms with Crippen molar-refractivity contribution in [3.63, 3.8) is 0 Å². The number of sulfonamides is 1. The smallest absolute Gasteiger partial charge is 0.221 e. The molecule has 1 fully saturated rings. The third-order valence-corrected chi connectivity index (χ3v) is 4.63. The van der Waals surface area contributed by atoms with E-state index in [0.717, 1.165) is 44.3 Å². The molecule has 1 heterocycles. The van der Waals surface area contributed by atoms with Crippen molar-refractivity contribution in [3.05, 3.63) is 35.6 Å². The Morgan fingerprint density at radius 1 is 1.33 bits per heavy atom. The van der Waals surface area contributed by atoms with Crippen LogP contribution in [0.1, 0.15) is 24.8 Å². The van der Waals surface area contributed by atoms with Gasteiger partial charge in [0, 0.05) is 32.1 Å². The minimum atomic E-state index is -3.26. The molecule has 1 saturated heterocycles. The van der Waals surface area contributed by atoms with E-state index < -0.39 is 10.0 Å². The molecule has 134 valence electrons. The summed E-state index contributed by atoms with van der Waals surface area (Å²) in [4.78, 5) is 14.1. The average molecular weight is 357 g/mol. The van der Waals surface area contributed by atoms with Crippen molar-refractivity contribution in [2.24, 2.45) is 0 Å². The molecule has 0 unspecified atom stereocenters. The number of carbonyl (C=O) groups is 1. The number of hydrogen-bond acceptors (Lipinski definition) is 4. The van der Waals surface area contributed by atoms with E-state index in [1.807, 2.05) is 0 Å². The average Bonchev–Trinajstić information content (AvgIpc) is 2.48. The number of carbonyl (C=O) groups excluding carboxylic acids is 1. The number of nitrogens with one attached hydrogen (secondary N) is 2. The third kappa shape index (κ3) is 6.94. The zero-order chi connectivity index (χ0) is 17.6. The molecule has 1 amide bonds. The molecule has 0 radical (unpaired) electrons. The van der Waals surface area contributed by atoms with Gasteiger partial charge in [-0.05, 0) is 37.1 Å². The fraction of sp³-hybridized carbons (Fsp3) is 0.562. The molecule has 8 heteroatoms. The topological polar surface area (TPSA) is 78.5 Å². The number of hydrogen-bond donors (Lipinski definition) is 2.